The van der Waals surface area contributed by atoms with Crippen LogP contribution in [0, 0.1) is 0 Å². The van der Waals surface area contributed by atoms with E-state index >= 15 is 0 Å². The molecular formula is C6H12O6. The fraction of sp³-hybridized carbons (Fsp3) is 1.00. The highest BCUT2D eigenvalue weighted by Gasteiger charge is 2.42. The Kier molecular flexibility index (Phi) is 2.99. The van der Waals surface area contributed by atoms with E-state index in [1.54, 1.807) is 0 Å². The Labute approximate surface area is 68.6 Å². The topological polar surface area (TPSA) is 110 Å². The van der Waals surface area contributed by atoms with Gasteiger partial charge >= 0.3 is 0 Å². The first-order chi connectivity index (χ1) is 5.57. The first kappa shape index (κ1) is 9.85. The summed E-state index contributed by atoms with van der Waals surface area (Å²) in [6.45, 7) is -0.526. The van der Waals surface area contributed by atoms with Crippen LogP contribution in [0.2, 0.25) is 0 Å². The van der Waals surface area contributed by atoms with Gasteiger partial charge in [-0.3, -0.25) is 0 Å². The van der Waals surface area contributed by atoms with Crippen molar-refractivity contribution in [1.82, 2.24) is 0 Å². The maximum atomic E-state index is 9.12. The van der Waals surface area contributed by atoms with Crippen LogP contribution in [0.15, 0.2) is 0 Å². The lowest BCUT2D eigenvalue weighted by molar-refractivity contribution is -0.286. The van der Waals surface area contributed by atoms with Gasteiger partial charge in [-0.1, -0.05) is 0 Å². The van der Waals surface area contributed by atoms with Gasteiger partial charge < -0.3 is 30.3 Å². The van der Waals surface area contributed by atoms with Crippen molar-refractivity contribution >= 4 is 0 Å². The number of ether oxygens (including phenoxy) is 1. The van der Waals surface area contributed by atoms with E-state index in [1.165, 1.54) is 0 Å². The first-order valence-corrected chi connectivity index (χ1v) is 3.56. The molecule has 0 spiro atoms. The Balaban J connectivity index is 2.63. The van der Waals surface area contributed by atoms with Gasteiger partial charge in [-0.25, -0.2) is 0 Å². The highest BCUT2D eigenvalue weighted by molar-refractivity contribution is 4.87. The maximum Gasteiger partial charge on any atom is 0.184 e. The molecule has 1 unspecified atom stereocenters. The minimum absolute atomic E-state index is 0.526. The molecule has 0 aromatic carbocycles. The highest BCUT2D eigenvalue weighted by Crippen LogP contribution is 2.18. The molecule has 72 valence electrons. The normalized spacial score (nSPS) is 49.2. The Bertz CT molecular complexity index is 146. The van der Waals surface area contributed by atoms with Gasteiger partial charge in [0.1, 0.15) is 24.4 Å². The number of aliphatic hydroxyl groups excluding tert-OH is 5. The van der Waals surface area contributed by atoms with Gasteiger partial charge in [-0.15, -0.1) is 0 Å². The van der Waals surface area contributed by atoms with Gasteiger partial charge in [0, 0.05) is 0 Å². The summed E-state index contributed by atoms with van der Waals surface area (Å²) in [5.74, 6) is 0. The quantitative estimate of drug-likeness (QED) is 0.272. The molecule has 0 aromatic heterocycles. The lowest BCUT2D eigenvalue weighted by atomic mass is 10.0. The molecule has 6 heteroatoms. The van der Waals surface area contributed by atoms with E-state index in [9.17, 15) is 0 Å². The molecule has 1 rings (SSSR count). The summed E-state index contributed by atoms with van der Waals surface area (Å²) in [6, 6.07) is 0. The standard InChI is InChI=1S/C6H12O6/c7-1-2-3(8)4(9)5(10)6(11)12-2/h2-11H,1H2/t2-,3-,4+,5+,6?/m0/s1/i6+1. The van der Waals surface area contributed by atoms with E-state index in [0.29, 0.717) is 0 Å². The van der Waals surface area contributed by atoms with Crippen molar-refractivity contribution in [3.8, 4) is 0 Å². The molecule has 0 radical (unpaired) electrons. The molecule has 5 N–H and O–H groups in total. The number of hydrogen-bond acceptors (Lipinski definition) is 6. The summed E-state index contributed by atoms with van der Waals surface area (Å²) >= 11 is 0. The minimum atomic E-state index is -1.57. The summed E-state index contributed by atoms with van der Waals surface area (Å²) in [5, 5.41) is 44.7. The van der Waals surface area contributed by atoms with Crippen LogP contribution >= 0.6 is 0 Å². The molecule has 1 aliphatic heterocycles. The van der Waals surface area contributed by atoms with Crippen LogP contribution in [0.1, 0.15) is 0 Å². The smallest absolute Gasteiger partial charge is 0.184 e. The van der Waals surface area contributed by atoms with Crippen LogP contribution in [-0.2, 0) is 4.74 Å². The molecule has 1 saturated heterocycles. The zero-order chi connectivity index (χ0) is 9.30. The average Bonchev–Trinajstić information content (AvgIpc) is 2.08. The van der Waals surface area contributed by atoms with Crippen LogP contribution in [0.25, 0.3) is 0 Å². The van der Waals surface area contributed by atoms with Crippen LogP contribution in [0.5, 0.6) is 0 Å². The van der Waals surface area contributed by atoms with Gasteiger partial charge in [0.05, 0.1) is 6.61 Å². The number of hydrogen-bond donors (Lipinski definition) is 5. The van der Waals surface area contributed by atoms with Crippen molar-refractivity contribution in [2.75, 3.05) is 6.61 Å². The van der Waals surface area contributed by atoms with Crippen molar-refractivity contribution in [3.63, 3.8) is 0 Å². The third-order valence-electron chi connectivity index (χ3n) is 1.87. The molecular weight excluding hydrogens is 169 g/mol. The monoisotopic (exact) mass is 181 g/mol. The average molecular weight is 181 g/mol. The number of rotatable bonds is 1. The van der Waals surface area contributed by atoms with E-state index in [1.807, 2.05) is 0 Å². The fourth-order valence-electron chi connectivity index (χ4n) is 1.08. The van der Waals surface area contributed by atoms with Crippen LogP contribution < -0.4 is 0 Å². The predicted molar refractivity (Wildman–Crippen MR) is 36.0 cm³/mol. The highest BCUT2D eigenvalue weighted by atomic mass is 16.7. The van der Waals surface area contributed by atoms with Gasteiger partial charge in [0.15, 0.2) is 6.29 Å². The molecule has 1 heterocycles. The molecule has 1 fully saturated rings. The zero-order valence-electron chi connectivity index (χ0n) is 6.24. The minimum Gasteiger partial charge on any atom is -0.394 e. The van der Waals surface area contributed by atoms with E-state index in [2.05, 4.69) is 4.74 Å². The molecule has 0 amide bonds. The van der Waals surface area contributed by atoms with Crippen LogP contribution in [0.4, 0.5) is 0 Å². The molecule has 1 aliphatic rings. The van der Waals surface area contributed by atoms with E-state index in [4.69, 9.17) is 25.5 Å². The third kappa shape index (κ3) is 1.58. The summed E-state index contributed by atoms with van der Waals surface area (Å²) < 4.78 is 4.58. The van der Waals surface area contributed by atoms with E-state index < -0.39 is 37.3 Å². The Hall–Kier alpha value is -0.240. The van der Waals surface area contributed by atoms with Crippen molar-refractivity contribution in [2.45, 2.75) is 30.7 Å². The lowest BCUT2D eigenvalue weighted by Gasteiger charge is -2.37. The van der Waals surface area contributed by atoms with Crippen LogP contribution in [0.3, 0.4) is 0 Å². The SMILES string of the molecule is OC[C@@H]1O[13CH](O)[C@H](O)[C@H](O)[C@H]1O. The first-order valence-electron chi connectivity index (χ1n) is 3.56. The summed E-state index contributed by atoms with van der Waals surface area (Å²) in [7, 11) is 0. The van der Waals surface area contributed by atoms with Crippen LogP contribution in [-0.4, -0.2) is 62.8 Å². The Morgan fingerprint density at radius 3 is 2.00 bits per heavy atom. The Morgan fingerprint density at radius 1 is 0.917 bits per heavy atom. The molecule has 5 atom stereocenters. The second-order valence-electron chi connectivity index (χ2n) is 2.72. The summed E-state index contributed by atoms with van der Waals surface area (Å²) in [4.78, 5) is 0. The van der Waals surface area contributed by atoms with Gasteiger partial charge in [0.2, 0.25) is 0 Å². The summed E-state index contributed by atoms with van der Waals surface area (Å²) in [5.41, 5.74) is 0. The van der Waals surface area contributed by atoms with Gasteiger partial charge in [0.25, 0.3) is 0 Å². The molecule has 12 heavy (non-hydrogen) atoms. The largest absolute Gasteiger partial charge is 0.394 e. The fourth-order valence-corrected chi connectivity index (χ4v) is 1.08. The van der Waals surface area contributed by atoms with Crippen molar-refractivity contribution < 1.29 is 30.3 Å². The van der Waals surface area contributed by atoms with Crippen molar-refractivity contribution in [3.05, 3.63) is 0 Å². The number of aliphatic hydroxyl groups is 5. The Morgan fingerprint density at radius 2 is 1.50 bits per heavy atom. The molecule has 0 aliphatic carbocycles. The molecule has 0 bridgehead atoms. The predicted octanol–water partition coefficient (Wildman–Crippen LogP) is -3.22. The summed E-state index contributed by atoms with van der Waals surface area (Å²) in [6.07, 6.45) is -7.04. The second kappa shape index (κ2) is 3.65. The molecule has 6 nitrogen and oxygen atoms in total. The van der Waals surface area contributed by atoms with Crippen molar-refractivity contribution in [2.24, 2.45) is 0 Å². The van der Waals surface area contributed by atoms with Gasteiger partial charge in [-0.2, -0.15) is 0 Å². The molecule has 0 aromatic rings. The second-order valence-corrected chi connectivity index (χ2v) is 2.72. The van der Waals surface area contributed by atoms with E-state index in [0.717, 1.165) is 0 Å². The lowest BCUT2D eigenvalue weighted by Crippen LogP contribution is -2.58. The van der Waals surface area contributed by atoms with Gasteiger partial charge in [-0.05, 0) is 0 Å². The van der Waals surface area contributed by atoms with E-state index in [-0.39, 0.29) is 0 Å². The molecule has 0 saturated carbocycles. The van der Waals surface area contributed by atoms with Crippen molar-refractivity contribution in [1.29, 1.82) is 0 Å². The zero-order valence-corrected chi connectivity index (χ0v) is 6.24. The maximum absolute atomic E-state index is 9.12. The third-order valence-corrected chi connectivity index (χ3v) is 1.87.